The summed E-state index contributed by atoms with van der Waals surface area (Å²) >= 11 is 1.82. The minimum atomic E-state index is 0.927. The van der Waals surface area contributed by atoms with E-state index in [9.17, 15) is 0 Å². The largest absolute Gasteiger partial charge is 0.309 e. The Kier molecular flexibility index (Phi) is 3.62. The predicted octanol–water partition coefficient (Wildman–Crippen LogP) is 4.50. The Labute approximate surface area is 117 Å². The molecule has 3 aromatic rings. The lowest BCUT2D eigenvalue weighted by Crippen LogP contribution is -2.13. The third-order valence-corrected chi connectivity index (χ3v) is 4.47. The van der Waals surface area contributed by atoms with Crippen LogP contribution in [0.25, 0.3) is 10.1 Å². The van der Waals surface area contributed by atoms with Crippen LogP contribution < -0.4 is 5.32 Å². The number of rotatable bonds is 4. The molecule has 0 saturated heterocycles. The van der Waals surface area contributed by atoms with Crippen molar-refractivity contribution in [3.63, 3.8) is 0 Å². The highest BCUT2D eigenvalue weighted by Crippen LogP contribution is 2.25. The number of benzene rings is 2. The molecule has 0 saturated carbocycles. The molecular weight excluding hydrogens is 250 g/mol. The Balaban J connectivity index is 1.68. The van der Waals surface area contributed by atoms with Crippen LogP contribution in [-0.4, -0.2) is 0 Å². The van der Waals surface area contributed by atoms with Crippen molar-refractivity contribution in [2.24, 2.45) is 0 Å². The molecule has 2 aromatic carbocycles. The summed E-state index contributed by atoms with van der Waals surface area (Å²) in [7, 11) is 0. The number of hydrogen-bond donors (Lipinski definition) is 1. The Hall–Kier alpha value is -1.64. The van der Waals surface area contributed by atoms with Gasteiger partial charge in [-0.1, -0.05) is 42.5 Å². The maximum atomic E-state index is 3.54. The van der Waals surface area contributed by atoms with Gasteiger partial charge in [-0.15, -0.1) is 11.3 Å². The second-order valence-electron chi connectivity index (χ2n) is 4.79. The molecule has 96 valence electrons. The van der Waals surface area contributed by atoms with E-state index >= 15 is 0 Å². The summed E-state index contributed by atoms with van der Waals surface area (Å²) < 4.78 is 1.37. The Morgan fingerprint density at radius 2 is 1.63 bits per heavy atom. The maximum Gasteiger partial charge on any atom is 0.0346 e. The summed E-state index contributed by atoms with van der Waals surface area (Å²) in [5, 5.41) is 7.18. The minimum Gasteiger partial charge on any atom is -0.309 e. The van der Waals surface area contributed by atoms with E-state index in [1.54, 1.807) is 0 Å². The van der Waals surface area contributed by atoms with Crippen molar-refractivity contribution in [1.82, 2.24) is 5.32 Å². The summed E-state index contributed by atoms with van der Waals surface area (Å²) in [6.45, 7) is 4.02. The van der Waals surface area contributed by atoms with Gasteiger partial charge in [0.25, 0.3) is 0 Å². The van der Waals surface area contributed by atoms with Crippen LogP contribution in [0, 0.1) is 6.92 Å². The van der Waals surface area contributed by atoms with E-state index < -0.39 is 0 Å². The second kappa shape index (κ2) is 5.55. The lowest BCUT2D eigenvalue weighted by atomic mass is 10.1. The smallest absolute Gasteiger partial charge is 0.0346 e. The summed E-state index contributed by atoms with van der Waals surface area (Å²) in [4.78, 5) is 0. The standard InChI is InChI=1S/C17H17NS/c1-13-6-2-3-7-14(13)10-18-11-15-12-19-17-9-5-4-8-16(15)17/h2-9,12,18H,10-11H2,1H3. The number of fused-ring (bicyclic) bond motifs is 1. The molecule has 1 nitrogen and oxygen atoms in total. The zero-order valence-corrected chi connectivity index (χ0v) is 11.8. The summed E-state index contributed by atoms with van der Waals surface area (Å²) in [5.74, 6) is 0. The van der Waals surface area contributed by atoms with Crippen molar-refractivity contribution in [3.8, 4) is 0 Å². The molecule has 0 radical (unpaired) electrons. The van der Waals surface area contributed by atoms with Gasteiger partial charge in [0.1, 0.15) is 0 Å². The van der Waals surface area contributed by atoms with Crippen molar-refractivity contribution < 1.29 is 0 Å². The highest BCUT2D eigenvalue weighted by atomic mass is 32.1. The quantitative estimate of drug-likeness (QED) is 0.734. The van der Waals surface area contributed by atoms with Gasteiger partial charge in [0.2, 0.25) is 0 Å². The minimum absolute atomic E-state index is 0.927. The van der Waals surface area contributed by atoms with Gasteiger partial charge in [0, 0.05) is 17.8 Å². The van der Waals surface area contributed by atoms with E-state index in [4.69, 9.17) is 0 Å². The predicted molar refractivity (Wildman–Crippen MR) is 83.5 cm³/mol. The van der Waals surface area contributed by atoms with Crippen LogP contribution in [0.1, 0.15) is 16.7 Å². The molecule has 0 atom stereocenters. The van der Waals surface area contributed by atoms with Crippen LogP contribution in [0.5, 0.6) is 0 Å². The number of nitrogens with one attached hydrogen (secondary N) is 1. The fourth-order valence-electron chi connectivity index (χ4n) is 2.31. The van der Waals surface area contributed by atoms with Gasteiger partial charge in [-0.05, 0) is 40.4 Å². The average molecular weight is 267 g/mol. The molecule has 0 spiro atoms. The molecule has 0 aliphatic rings. The molecule has 0 amide bonds. The number of aryl methyl sites for hydroxylation is 1. The first-order valence-electron chi connectivity index (χ1n) is 6.55. The number of thiophene rings is 1. The van der Waals surface area contributed by atoms with Crippen LogP contribution in [0.15, 0.2) is 53.9 Å². The molecule has 2 heteroatoms. The lowest BCUT2D eigenvalue weighted by Gasteiger charge is -2.07. The van der Waals surface area contributed by atoms with Crippen molar-refractivity contribution in [1.29, 1.82) is 0 Å². The van der Waals surface area contributed by atoms with E-state index in [1.807, 2.05) is 11.3 Å². The Morgan fingerprint density at radius 1 is 0.895 bits per heavy atom. The highest BCUT2D eigenvalue weighted by Gasteiger charge is 2.03. The second-order valence-corrected chi connectivity index (χ2v) is 5.70. The van der Waals surface area contributed by atoms with Gasteiger partial charge in [0.05, 0.1) is 0 Å². The molecule has 0 fully saturated rings. The molecular formula is C17H17NS. The number of hydrogen-bond acceptors (Lipinski definition) is 2. The zero-order chi connectivity index (χ0) is 13.1. The Bertz CT molecular complexity index is 684. The molecule has 1 aromatic heterocycles. The van der Waals surface area contributed by atoms with E-state index in [1.165, 1.54) is 26.8 Å². The first kappa shape index (κ1) is 12.4. The van der Waals surface area contributed by atoms with Crippen molar-refractivity contribution in [2.45, 2.75) is 20.0 Å². The van der Waals surface area contributed by atoms with Crippen LogP contribution >= 0.6 is 11.3 Å². The molecule has 0 aliphatic heterocycles. The summed E-state index contributed by atoms with van der Waals surface area (Å²) in [5.41, 5.74) is 4.13. The van der Waals surface area contributed by atoms with E-state index in [0.29, 0.717) is 0 Å². The van der Waals surface area contributed by atoms with E-state index in [0.717, 1.165) is 13.1 Å². The van der Waals surface area contributed by atoms with Crippen molar-refractivity contribution >= 4 is 21.4 Å². The van der Waals surface area contributed by atoms with Crippen LogP contribution in [-0.2, 0) is 13.1 Å². The van der Waals surface area contributed by atoms with Crippen LogP contribution in [0.4, 0.5) is 0 Å². The van der Waals surface area contributed by atoms with E-state index in [2.05, 4.69) is 66.2 Å². The molecule has 19 heavy (non-hydrogen) atoms. The molecule has 0 unspecified atom stereocenters. The van der Waals surface area contributed by atoms with Crippen LogP contribution in [0.2, 0.25) is 0 Å². The maximum absolute atomic E-state index is 3.54. The molecule has 0 bridgehead atoms. The monoisotopic (exact) mass is 267 g/mol. The van der Waals surface area contributed by atoms with E-state index in [-0.39, 0.29) is 0 Å². The molecule has 0 aliphatic carbocycles. The molecule has 1 N–H and O–H groups in total. The van der Waals surface area contributed by atoms with Gasteiger partial charge >= 0.3 is 0 Å². The zero-order valence-electron chi connectivity index (χ0n) is 11.0. The third-order valence-electron chi connectivity index (χ3n) is 3.45. The van der Waals surface area contributed by atoms with Gasteiger partial charge in [-0.2, -0.15) is 0 Å². The van der Waals surface area contributed by atoms with Crippen molar-refractivity contribution in [2.75, 3.05) is 0 Å². The van der Waals surface area contributed by atoms with Crippen molar-refractivity contribution in [3.05, 3.63) is 70.6 Å². The average Bonchev–Trinajstić information content (AvgIpc) is 2.85. The summed E-state index contributed by atoms with van der Waals surface area (Å²) in [6, 6.07) is 17.1. The van der Waals surface area contributed by atoms with Gasteiger partial charge in [-0.25, -0.2) is 0 Å². The SMILES string of the molecule is Cc1ccccc1CNCc1csc2ccccc12. The van der Waals surface area contributed by atoms with Crippen LogP contribution in [0.3, 0.4) is 0 Å². The lowest BCUT2D eigenvalue weighted by molar-refractivity contribution is 0.695. The first-order chi connectivity index (χ1) is 9.34. The fraction of sp³-hybridized carbons (Fsp3) is 0.176. The van der Waals surface area contributed by atoms with Gasteiger partial charge < -0.3 is 5.32 Å². The summed E-state index contributed by atoms with van der Waals surface area (Å²) in [6.07, 6.45) is 0. The fourth-order valence-corrected chi connectivity index (χ4v) is 3.27. The third kappa shape index (κ3) is 2.70. The normalized spacial score (nSPS) is 11.0. The Morgan fingerprint density at radius 3 is 2.53 bits per heavy atom. The molecule has 1 heterocycles. The highest BCUT2D eigenvalue weighted by molar-refractivity contribution is 7.17. The molecule has 3 rings (SSSR count). The van der Waals surface area contributed by atoms with Gasteiger partial charge in [0.15, 0.2) is 0 Å². The van der Waals surface area contributed by atoms with Gasteiger partial charge in [-0.3, -0.25) is 0 Å². The first-order valence-corrected chi connectivity index (χ1v) is 7.43. The topological polar surface area (TPSA) is 12.0 Å².